The number of nitrogens with one attached hydrogen (secondary N) is 1. The maximum absolute atomic E-state index is 13.3. The van der Waals surface area contributed by atoms with Crippen LogP contribution >= 0.6 is 0 Å². The number of hydrogen-bond acceptors (Lipinski definition) is 2. The molecule has 0 spiro atoms. The van der Waals surface area contributed by atoms with E-state index < -0.39 is 0 Å². The number of benzene rings is 1. The quantitative estimate of drug-likeness (QED) is 0.908. The minimum atomic E-state index is -0.252. The third-order valence-electron chi connectivity index (χ3n) is 4.90. The summed E-state index contributed by atoms with van der Waals surface area (Å²) in [5, 5.41) is 3.57. The van der Waals surface area contributed by atoms with Crippen molar-refractivity contribution >= 4 is 5.91 Å². The van der Waals surface area contributed by atoms with Crippen LogP contribution in [0.3, 0.4) is 0 Å². The Hall–Kier alpha value is -1.42. The molecule has 1 atom stereocenters. The van der Waals surface area contributed by atoms with Gasteiger partial charge in [-0.3, -0.25) is 4.79 Å². The highest BCUT2D eigenvalue weighted by molar-refractivity contribution is 5.94. The molecule has 0 aromatic heterocycles. The second-order valence-electron chi connectivity index (χ2n) is 6.30. The number of amides is 1. The molecule has 1 aromatic rings. The van der Waals surface area contributed by atoms with E-state index in [0.717, 1.165) is 32.5 Å². The molecule has 0 saturated carbocycles. The van der Waals surface area contributed by atoms with E-state index >= 15 is 0 Å². The summed E-state index contributed by atoms with van der Waals surface area (Å²) < 4.78 is 13.3. The number of aryl methyl sites for hydroxylation is 1. The summed E-state index contributed by atoms with van der Waals surface area (Å²) in [5.41, 5.74) is 1.14. The molecule has 3 rings (SSSR count). The minimum absolute atomic E-state index is 0.0379. The van der Waals surface area contributed by atoms with Gasteiger partial charge in [-0.25, -0.2) is 4.39 Å². The van der Waals surface area contributed by atoms with Crippen LogP contribution < -0.4 is 5.32 Å². The molecule has 2 aliphatic heterocycles. The van der Waals surface area contributed by atoms with Gasteiger partial charge in [0.15, 0.2) is 0 Å². The van der Waals surface area contributed by atoms with E-state index in [1.807, 2.05) is 4.90 Å². The van der Waals surface area contributed by atoms with Gasteiger partial charge in [-0.05, 0) is 68.8 Å². The van der Waals surface area contributed by atoms with Gasteiger partial charge in [-0.15, -0.1) is 0 Å². The van der Waals surface area contributed by atoms with E-state index in [2.05, 4.69) is 5.32 Å². The van der Waals surface area contributed by atoms with Crippen LogP contribution in [0.5, 0.6) is 0 Å². The van der Waals surface area contributed by atoms with Crippen molar-refractivity contribution in [1.29, 1.82) is 0 Å². The van der Waals surface area contributed by atoms with Crippen LogP contribution in [-0.2, 0) is 0 Å². The van der Waals surface area contributed by atoms with Crippen molar-refractivity contribution < 1.29 is 9.18 Å². The number of halogens is 1. The predicted octanol–water partition coefficient (Wildman–Crippen LogP) is 2.74. The van der Waals surface area contributed by atoms with Crippen LogP contribution in [0.2, 0.25) is 0 Å². The van der Waals surface area contributed by atoms with E-state index in [4.69, 9.17) is 0 Å². The van der Waals surface area contributed by atoms with Crippen molar-refractivity contribution in [3.8, 4) is 0 Å². The van der Waals surface area contributed by atoms with Crippen molar-refractivity contribution in [3.63, 3.8) is 0 Å². The monoisotopic (exact) mass is 290 g/mol. The summed E-state index contributed by atoms with van der Waals surface area (Å²) in [5.74, 6) is 0.486. The van der Waals surface area contributed by atoms with E-state index in [1.54, 1.807) is 19.1 Å². The van der Waals surface area contributed by atoms with Crippen LogP contribution in [0.1, 0.15) is 41.6 Å². The Morgan fingerprint density at radius 1 is 1.29 bits per heavy atom. The zero-order chi connectivity index (χ0) is 14.8. The van der Waals surface area contributed by atoms with Gasteiger partial charge in [-0.1, -0.05) is 0 Å². The van der Waals surface area contributed by atoms with Gasteiger partial charge < -0.3 is 10.2 Å². The van der Waals surface area contributed by atoms with E-state index in [-0.39, 0.29) is 11.7 Å². The lowest BCUT2D eigenvalue weighted by molar-refractivity contribution is 0.0674. The standard InChI is InChI=1S/C17H23FN2O/c1-12-11-14(4-5-15(12)18)17(21)20-9-6-13(7-10-20)16-3-2-8-19-16/h4-5,11,13,16,19H,2-3,6-10H2,1H3. The first-order valence-electron chi connectivity index (χ1n) is 7.94. The first-order chi connectivity index (χ1) is 10.1. The average molecular weight is 290 g/mol. The maximum atomic E-state index is 13.3. The van der Waals surface area contributed by atoms with Gasteiger partial charge in [0.1, 0.15) is 5.82 Å². The van der Waals surface area contributed by atoms with Crippen LogP contribution in [0.25, 0.3) is 0 Å². The van der Waals surface area contributed by atoms with E-state index in [1.165, 1.54) is 18.9 Å². The van der Waals surface area contributed by atoms with Gasteiger partial charge in [0.2, 0.25) is 0 Å². The summed E-state index contributed by atoms with van der Waals surface area (Å²) >= 11 is 0. The first kappa shape index (κ1) is 14.5. The van der Waals surface area contributed by atoms with Crippen molar-refractivity contribution in [1.82, 2.24) is 10.2 Å². The molecular weight excluding hydrogens is 267 g/mol. The van der Waals surface area contributed by atoms with Crippen LogP contribution in [0, 0.1) is 18.7 Å². The summed E-state index contributed by atoms with van der Waals surface area (Å²) in [4.78, 5) is 14.4. The van der Waals surface area contributed by atoms with Gasteiger partial charge in [-0.2, -0.15) is 0 Å². The smallest absolute Gasteiger partial charge is 0.253 e. The molecule has 0 radical (unpaired) electrons. The number of rotatable bonds is 2. The Balaban J connectivity index is 1.60. The SMILES string of the molecule is Cc1cc(C(=O)N2CCC(C3CCCN3)CC2)ccc1F. The van der Waals surface area contributed by atoms with Crippen LogP contribution in [0.4, 0.5) is 4.39 Å². The second kappa shape index (κ2) is 6.14. The minimum Gasteiger partial charge on any atom is -0.339 e. The molecule has 2 saturated heterocycles. The third kappa shape index (κ3) is 3.10. The summed E-state index contributed by atoms with van der Waals surface area (Å²) in [7, 11) is 0. The topological polar surface area (TPSA) is 32.3 Å². The molecule has 2 heterocycles. The fourth-order valence-corrected chi connectivity index (χ4v) is 3.58. The molecular formula is C17H23FN2O. The highest BCUT2D eigenvalue weighted by Crippen LogP contribution is 2.26. The molecule has 4 heteroatoms. The first-order valence-corrected chi connectivity index (χ1v) is 7.94. The zero-order valence-corrected chi connectivity index (χ0v) is 12.6. The fourth-order valence-electron chi connectivity index (χ4n) is 3.58. The fraction of sp³-hybridized carbons (Fsp3) is 0.588. The Morgan fingerprint density at radius 3 is 2.67 bits per heavy atom. The number of hydrogen-bond donors (Lipinski definition) is 1. The van der Waals surface area contributed by atoms with Crippen molar-refractivity contribution in [2.45, 2.75) is 38.6 Å². The Morgan fingerprint density at radius 2 is 2.05 bits per heavy atom. The van der Waals surface area contributed by atoms with Gasteiger partial charge in [0.25, 0.3) is 5.91 Å². The predicted molar refractivity (Wildman–Crippen MR) is 80.8 cm³/mol. The second-order valence-corrected chi connectivity index (χ2v) is 6.30. The Bertz CT molecular complexity index is 518. The van der Waals surface area contributed by atoms with Crippen LogP contribution in [0.15, 0.2) is 18.2 Å². The molecule has 0 bridgehead atoms. The van der Waals surface area contributed by atoms with Gasteiger partial charge in [0, 0.05) is 24.7 Å². The van der Waals surface area contributed by atoms with E-state index in [0.29, 0.717) is 23.1 Å². The number of nitrogens with zero attached hydrogens (tertiary/aromatic N) is 1. The van der Waals surface area contributed by atoms with E-state index in [9.17, 15) is 9.18 Å². The lowest BCUT2D eigenvalue weighted by atomic mass is 9.88. The highest BCUT2D eigenvalue weighted by Gasteiger charge is 2.30. The average Bonchev–Trinajstić information content (AvgIpc) is 3.04. The lowest BCUT2D eigenvalue weighted by Crippen LogP contribution is -2.43. The lowest BCUT2D eigenvalue weighted by Gasteiger charge is -2.35. The molecule has 1 aromatic carbocycles. The Kier molecular flexibility index (Phi) is 4.24. The summed E-state index contributed by atoms with van der Waals surface area (Å²) in [6.45, 7) is 4.47. The molecule has 114 valence electrons. The molecule has 0 aliphatic carbocycles. The molecule has 1 amide bonds. The van der Waals surface area contributed by atoms with Crippen LogP contribution in [-0.4, -0.2) is 36.5 Å². The number of piperidine rings is 1. The molecule has 2 aliphatic rings. The molecule has 21 heavy (non-hydrogen) atoms. The zero-order valence-electron chi connectivity index (χ0n) is 12.6. The third-order valence-corrected chi connectivity index (χ3v) is 4.90. The molecule has 1 N–H and O–H groups in total. The Labute approximate surface area is 125 Å². The summed E-state index contributed by atoms with van der Waals surface area (Å²) in [6, 6.07) is 5.28. The highest BCUT2D eigenvalue weighted by atomic mass is 19.1. The van der Waals surface area contributed by atoms with Crippen molar-refractivity contribution in [2.24, 2.45) is 5.92 Å². The van der Waals surface area contributed by atoms with Gasteiger partial charge >= 0.3 is 0 Å². The van der Waals surface area contributed by atoms with Gasteiger partial charge in [0.05, 0.1) is 0 Å². The normalized spacial score (nSPS) is 23.5. The molecule has 3 nitrogen and oxygen atoms in total. The van der Waals surface area contributed by atoms with Crippen molar-refractivity contribution in [3.05, 3.63) is 35.1 Å². The summed E-state index contributed by atoms with van der Waals surface area (Å²) in [6.07, 6.45) is 4.70. The maximum Gasteiger partial charge on any atom is 0.253 e. The number of carbonyl (C=O) groups excluding carboxylic acids is 1. The van der Waals surface area contributed by atoms with Crippen molar-refractivity contribution in [2.75, 3.05) is 19.6 Å². The number of likely N-dealkylation sites (tertiary alicyclic amines) is 1. The number of carbonyl (C=O) groups is 1. The largest absolute Gasteiger partial charge is 0.339 e. The molecule has 1 unspecified atom stereocenters. The molecule has 2 fully saturated rings.